The van der Waals surface area contributed by atoms with Crippen molar-refractivity contribution in [2.45, 2.75) is 34.2 Å². The van der Waals surface area contributed by atoms with E-state index in [4.69, 9.17) is 0 Å². The Kier molecular flexibility index (Phi) is 4.43. The molecule has 2 aromatic rings. The number of nitrogens with zero attached hydrogens (tertiary/aromatic N) is 1. The van der Waals surface area contributed by atoms with Gasteiger partial charge in [-0.2, -0.15) is 0 Å². The third-order valence-corrected chi connectivity index (χ3v) is 3.18. The first kappa shape index (κ1) is 13.9. The van der Waals surface area contributed by atoms with Gasteiger partial charge in [-0.05, 0) is 61.7 Å². The maximum absolute atomic E-state index is 3.51. The van der Waals surface area contributed by atoms with Crippen LogP contribution >= 0.6 is 0 Å². The van der Waals surface area contributed by atoms with E-state index in [-0.39, 0.29) is 0 Å². The Labute approximate surface area is 116 Å². The lowest BCUT2D eigenvalue weighted by Crippen LogP contribution is -2.20. The quantitative estimate of drug-likeness (QED) is 0.860. The van der Waals surface area contributed by atoms with Crippen molar-refractivity contribution in [1.29, 1.82) is 0 Å². The van der Waals surface area contributed by atoms with Gasteiger partial charge in [-0.15, -0.1) is 0 Å². The lowest BCUT2D eigenvalue weighted by atomic mass is 10.1. The van der Waals surface area contributed by atoms with Crippen LogP contribution in [-0.2, 0) is 6.54 Å². The predicted octanol–water partition coefficient (Wildman–Crippen LogP) is 3.84. The number of aryl methyl sites for hydroxylation is 2. The van der Waals surface area contributed by atoms with Crippen molar-refractivity contribution in [2.24, 2.45) is 5.92 Å². The SMILES string of the molecule is Cc1cc(C)cc(-n2cccc2CNCC(C)C)c1. The van der Waals surface area contributed by atoms with Gasteiger partial charge in [-0.3, -0.25) is 0 Å². The molecule has 0 aliphatic rings. The molecule has 0 saturated carbocycles. The Hall–Kier alpha value is -1.54. The van der Waals surface area contributed by atoms with E-state index in [1.807, 2.05) is 0 Å². The van der Waals surface area contributed by atoms with Crippen LogP contribution in [-0.4, -0.2) is 11.1 Å². The van der Waals surface area contributed by atoms with E-state index in [9.17, 15) is 0 Å². The molecule has 19 heavy (non-hydrogen) atoms. The molecule has 0 aliphatic heterocycles. The first-order valence-corrected chi connectivity index (χ1v) is 7.02. The number of benzene rings is 1. The van der Waals surface area contributed by atoms with Gasteiger partial charge in [0.1, 0.15) is 0 Å². The number of hydrogen-bond donors (Lipinski definition) is 1. The van der Waals surface area contributed by atoms with Gasteiger partial charge in [0.15, 0.2) is 0 Å². The molecule has 102 valence electrons. The normalized spacial score (nSPS) is 11.2. The topological polar surface area (TPSA) is 17.0 Å². The number of nitrogens with one attached hydrogen (secondary N) is 1. The second-order valence-electron chi connectivity index (χ2n) is 5.74. The summed E-state index contributed by atoms with van der Waals surface area (Å²) in [4.78, 5) is 0. The van der Waals surface area contributed by atoms with Gasteiger partial charge >= 0.3 is 0 Å². The van der Waals surface area contributed by atoms with E-state index in [0.29, 0.717) is 5.92 Å². The smallest absolute Gasteiger partial charge is 0.0458 e. The minimum atomic E-state index is 0.685. The monoisotopic (exact) mass is 256 g/mol. The maximum Gasteiger partial charge on any atom is 0.0458 e. The lowest BCUT2D eigenvalue weighted by Gasteiger charge is -2.13. The van der Waals surface area contributed by atoms with Crippen molar-refractivity contribution in [3.63, 3.8) is 0 Å². The molecule has 0 saturated heterocycles. The molecule has 1 N–H and O–H groups in total. The Morgan fingerprint density at radius 2 is 1.79 bits per heavy atom. The van der Waals surface area contributed by atoms with E-state index in [1.165, 1.54) is 22.5 Å². The van der Waals surface area contributed by atoms with Crippen molar-refractivity contribution >= 4 is 0 Å². The van der Waals surface area contributed by atoms with Crippen LogP contribution in [0.15, 0.2) is 36.5 Å². The van der Waals surface area contributed by atoms with Crippen molar-refractivity contribution < 1.29 is 0 Å². The first-order valence-electron chi connectivity index (χ1n) is 7.02. The Balaban J connectivity index is 2.18. The van der Waals surface area contributed by atoms with Gasteiger partial charge in [0.05, 0.1) is 0 Å². The van der Waals surface area contributed by atoms with Crippen LogP contribution in [0.5, 0.6) is 0 Å². The largest absolute Gasteiger partial charge is 0.320 e. The summed E-state index contributed by atoms with van der Waals surface area (Å²) in [6.07, 6.45) is 2.14. The molecular formula is C17H24N2. The summed E-state index contributed by atoms with van der Waals surface area (Å²) < 4.78 is 2.27. The minimum Gasteiger partial charge on any atom is -0.320 e. The summed E-state index contributed by atoms with van der Waals surface area (Å²) in [6.45, 7) is 10.7. The van der Waals surface area contributed by atoms with Gasteiger partial charge in [-0.25, -0.2) is 0 Å². The molecule has 0 aliphatic carbocycles. The zero-order valence-electron chi connectivity index (χ0n) is 12.4. The molecule has 0 bridgehead atoms. The fourth-order valence-corrected chi connectivity index (χ4v) is 2.39. The Bertz CT molecular complexity index is 518. The number of hydrogen-bond acceptors (Lipinski definition) is 1. The molecule has 2 rings (SSSR count). The average Bonchev–Trinajstić information content (AvgIpc) is 2.75. The zero-order valence-corrected chi connectivity index (χ0v) is 12.4. The van der Waals surface area contributed by atoms with Crippen LogP contribution in [0, 0.1) is 19.8 Å². The predicted molar refractivity (Wildman–Crippen MR) is 81.8 cm³/mol. The summed E-state index contributed by atoms with van der Waals surface area (Å²) in [7, 11) is 0. The summed E-state index contributed by atoms with van der Waals surface area (Å²) in [5.74, 6) is 0.685. The van der Waals surface area contributed by atoms with Crippen molar-refractivity contribution in [2.75, 3.05) is 6.54 Å². The van der Waals surface area contributed by atoms with Crippen LogP contribution in [0.1, 0.15) is 30.7 Å². The third kappa shape index (κ3) is 3.71. The van der Waals surface area contributed by atoms with Gasteiger partial charge in [-0.1, -0.05) is 19.9 Å². The zero-order chi connectivity index (χ0) is 13.8. The molecule has 1 aromatic heterocycles. The average molecular weight is 256 g/mol. The Morgan fingerprint density at radius 3 is 2.42 bits per heavy atom. The van der Waals surface area contributed by atoms with Crippen LogP contribution in [0.25, 0.3) is 5.69 Å². The fraction of sp³-hybridized carbons (Fsp3) is 0.412. The van der Waals surface area contributed by atoms with E-state index < -0.39 is 0 Å². The second kappa shape index (κ2) is 6.07. The highest BCUT2D eigenvalue weighted by Crippen LogP contribution is 2.16. The third-order valence-electron chi connectivity index (χ3n) is 3.18. The molecule has 0 radical (unpaired) electrons. The van der Waals surface area contributed by atoms with Crippen LogP contribution < -0.4 is 5.32 Å². The van der Waals surface area contributed by atoms with Gasteiger partial charge in [0.2, 0.25) is 0 Å². The highest BCUT2D eigenvalue weighted by molar-refractivity contribution is 5.41. The van der Waals surface area contributed by atoms with Gasteiger partial charge in [0, 0.05) is 24.1 Å². The molecule has 1 aromatic carbocycles. The lowest BCUT2D eigenvalue weighted by molar-refractivity contribution is 0.545. The molecule has 1 heterocycles. The molecule has 0 amide bonds. The Morgan fingerprint density at radius 1 is 1.11 bits per heavy atom. The fourth-order valence-electron chi connectivity index (χ4n) is 2.39. The molecule has 0 fully saturated rings. The van der Waals surface area contributed by atoms with E-state index in [0.717, 1.165) is 13.1 Å². The summed E-state index contributed by atoms with van der Waals surface area (Å²) in [6, 6.07) is 11.0. The molecule has 2 nitrogen and oxygen atoms in total. The molecule has 0 unspecified atom stereocenters. The minimum absolute atomic E-state index is 0.685. The van der Waals surface area contributed by atoms with E-state index >= 15 is 0 Å². The van der Waals surface area contributed by atoms with E-state index in [1.54, 1.807) is 0 Å². The van der Waals surface area contributed by atoms with Crippen molar-refractivity contribution in [3.05, 3.63) is 53.3 Å². The standard InChI is InChI=1S/C17H24N2/c1-13(2)11-18-12-16-6-5-7-19(16)17-9-14(3)8-15(4)10-17/h5-10,13,18H,11-12H2,1-4H3. The molecular weight excluding hydrogens is 232 g/mol. The number of rotatable bonds is 5. The van der Waals surface area contributed by atoms with Crippen LogP contribution in [0.4, 0.5) is 0 Å². The summed E-state index contributed by atoms with van der Waals surface area (Å²) >= 11 is 0. The highest BCUT2D eigenvalue weighted by atomic mass is 15.0. The van der Waals surface area contributed by atoms with Crippen LogP contribution in [0.2, 0.25) is 0 Å². The molecule has 2 heteroatoms. The highest BCUT2D eigenvalue weighted by Gasteiger charge is 2.04. The molecule has 0 spiro atoms. The van der Waals surface area contributed by atoms with Gasteiger partial charge < -0.3 is 9.88 Å². The first-order chi connectivity index (χ1) is 9.06. The number of aromatic nitrogens is 1. The van der Waals surface area contributed by atoms with E-state index in [2.05, 4.69) is 74.1 Å². The van der Waals surface area contributed by atoms with Gasteiger partial charge in [0.25, 0.3) is 0 Å². The van der Waals surface area contributed by atoms with Crippen molar-refractivity contribution in [3.8, 4) is 5.69 Å². The van der Waals surface area contributed by atoms with Crippen molar-refractivity contribution in [1.82, 2.24) is 9.88 Å². The molecule has 0 atom stereocenters. The van der Waals surface area contributed by atoms with Crippen LogP contribution in [0.3, 0.4) is 0 Å². The summed E-state index contributed by atoms with van der Waals surface area (Å²) in [5, 5.41) is 3.51. The maximum atomic E-state index is 3.51. The second-order valence-corrected chi connectivity index (χ2v) is 5.74. The summed E-state index contributed by atoms with van der Waals surface area (Å²) in [5.41, 5.74) is 5.18.